The molecular formula is C21H33NO4S. The SMILES string of the molecule is C#Cc1ccc(C(C)S(=O)(=O)CC(NC(=O)OC(C)C)C(C)C)cc1.CC. The van der Waals surface area contributed by atoms with Crippen LogP contribution in [0.25, 0.3) is 0 Å². The Kier molecular flexibility index (Phi) is 10.8. The van der Waals surface area contributed by atoms with E-state index >= 15 is 0 Å². The molecule has 1 rings (SSSR count). The fraction of sp³-hybridized carbons (Fsp3) is 0.571. The number of alkyl carbamates (subject to hydrolysis) is 1. The normalized spacial score (nSPS) is 13.2. The topological polar surface area (TPSA) is 72.5 Å². The average molecular weight is 396 g/mol. The molecule has 0 aromatic heterocycles. The number of hydrogen-bond acceptors (Lipinski definition) is 4. The molecule has 1 amide bonds. The number of sulfone groups is 1. The van der Waals surface area contributed by atoms with Gasteiger partial charge in [0.2, 0.25) is 0 Å². The Morgan fingerprint density at radius 2 is 1.63 bits per heavy atom. The van der Waals surface area contributed by atoms with Gasteiger partial charge in [-0.15, -0.1) is 6.42 Å². The second kappa shape index (κ2) is 11.7. The van der Waals surface area contributed by atoms with Crippen LogP contribution in [0.4, 0.5) is 4.79 Å². The van der Waals surface area contributed by atoms with E-state index in [1.807, 2.05) is 27.7 Å². The number of nitrogens with one attached hydrogen (secondary N) is 1. The first-order valence-corrected chi connectivity index (χ1v) is 11.0. The first-order valence-electron chi connectivity index (χ1n) is 9.32. The average Bonchev–Trinajstić information content (AvgIpc) is 2.61. The molecule has 0 radical (unpaired) electrons. The molecule has 0 aliphatic heterocycles. The summed E-state index contributed by atoms with van der Waals surface area (Å²) in [5.74, 6) is 2.30. The molecule has 1 aromatic rings. The summed E-state index contributed by atoms with van der Waals surface area (Å²) in [7, 11) is -3.47. The van der Waals surface area contributed by atoms with Gasteiger partial charge in [0.1, 0.15) is 0 Å². The highest BCUT2D eigenvalue weighted by atomic mass is 32.2. The molecule has 2 unspecified atom stereocenters. The van der Waals surface area contributed by atoms with Gasteiger partial charge in [0.25, 0.3) is 0 Å². The van der Waals surface area contributed by atoms with Crippen LogP contribution in [0, 0.1) is 18.3 Å². The maximum atomic E-state index is 12.8. The third-order valence-corrected chi connectivity index (χ3v) is 6.12. The fourth-order valence-electron chi connectivity index (χ4n) is 2.25. The summed E-state index contributed by atoms with van der Waals surface area (Å²) in [5.41, 5.74) is 1.37. The zero-order valence-corrected chi connectivity index (χ0v) is 18.3. The van der Waals surface area contributed by atoms with E-state index in [4.69, 9.17) is 11.2 Å². The predicted octanol–water partition coefficient (Wildman–Crippen LogP) is 4.33. The lowest BCUT2D eigenvalue weighted by Gasteiger charge is -2.24. The standard InChI is InChI=1S/C19H27NO4S.C2H6/c1-7-16-8-10-17(11-9-16)15(6)25(22,23)12-18(13(2)3)20-19(21)24-14(4)5;1-2/h1,8-11,13-15,18H,12H2,2-6H3,(H,20,21);1-2H3. The third-order valence-electron chi connectivity index (χ3n) is 3.95. The maximum Gasteiger partial charge on any atom is 0.407 e. The molecule has 0 saturated carbocycles. The summed E-state index contributed by atoms with van der Waals surface area (Å²) < 4.78 is 30.6. The van der Waals surface area contributed by atoms with Gasteiger partial charge < -0.3 is 10.1 Å². The van der Waals surface area contributed by atoms with E-state index in [-0.39, 0.29) is 17.8 Å². The Morgan fingerprint density at radius 3 is 2.04 bits per heavy atom. The first kappa shape index (κ1) is 25.0. The predicted molar refractivity (Wildman–Crippen MR) is 111 cm³/mol. The van der Waals surface area contributed by atoms with Gasteiger partial charge in [0, 0.05) is 11.6 Å². The van der Waals surface area contributed by atoms with Crippen molar-refractivity contribution in [2.24, 2.45) is 5.92 Å². The molecule has 152 valence electrons. The van der Waals surface area contributed by atoms with E-state index in [1.54, 1.807) is 45.0 Å². The fourth-order valence-corrected chi connectivity index (χ4v) is 4.08. The van der Waals surface area contributed by atoms with Crippen molar-refractivity contribution in [3.05, 3.63) is 35.4 Å². The monoisotopic (exact) mass is 395 g/mol. The molecule has 0 aliphatic carbocycles. The van der Waals surface area contributed by atoms with Gasteiger partial charge in [0.15, 0.2) is 9.84 Å². The Labute approximate surface area is 164 Å². The van der Waals surface area contributed by atoms with Crippen molar-refractivity contribution in [1.82, 2.24) is 5.32 Å². The largest absolute Gasteiger partial charge is 0.447 e. The van der Waals surface area contributed by atoms with E-state index in [0.717, 1.165) is 0 Å². The van der Waals surface area contributed by atoms with Gasteiger partial charge in [-0.25, -0.2) is 13.2 Å². The van der Waals surface area contributed by atoms with Crippen LogP contribution in [0.5, 0.6) is 0 Å². The lowest BCUT2D eigenvalue weighted by Crippen LogP contribution is -2.44. The number of amides is 1. The molecule has 0 aliphatic rings. The van der Waals surface area contributed by atoms with Crippen molar-refractivity contribution < 1.29 is 17.9 Å². The lowest BCUT2D eigenvalue weighted by molar-refractivity contribution is 0.111. The molecule has 1 N–H and O–H groups in total. The van der Waals surface area contributed by atoms with Crippen LogP contribution in [0.3, 0.4) is 0 Å². The summed E-state index contributed by atoms with van der Waals surface area (Å²) >= 11 is 0. The molecule has 0 saturated heterocycles. The van der Waals surface area contributed by atoms with Gasteiger partial charge in [-0.2, -0.15) is 0 Å². The second-order valence-corrected chi connectivity index (χ2v) is 9.05. The van der Waals surface area contributed by atoms with Crippen LogP contribution in [-0.2, 0) is 14.6 Å². The molecular weight excluding hydrogens is 362 g/mol. The Morgan fingerprint density at radius 1 is 1.11 bits per heavy atom. The van der Waals surface area contributed by atoms with E-state index in [0.29, 0.717) is 11.1 Å². The van der Waals surface area contributed by atoms with E-state index in [2.05, 4.69) is 11.2 Å². The third kappa shape index (κ3) is 8.49. The van der Waals surface area contributed by atoms with Crippen LogP contribution in [0.2, 0.25) is 0 Å². The minimum atomic E-state index is -3.47. The molecule has 27 heavy (non-hydrogen) atoms. The van der Waals surface area contributed by atoms with Crippen molar-refractivity contribution in [3.63, 3.8) is 0 Å². The minimum absolute atomic E-state index is 0.0505. The number of carbonyl (C=O) groups is 1. The van der Waals surface area contributed by atoms with Crippen LogP contribution in [0.15, 0.2) is 24.3 Å². The number of carbonyl (C=O) groups excluding carboxylic acids is 1. The second-order valence-electron chi connectivity index (χ2n) is 6.69. The van der Waals surface area contributed by atoms with Crippen molar-refractivity contribution >= 4 is 15.9 Å². The molecule has 0 fully saturated rings. The first-order chi connectivity index (χ1) is 12.6. The van der Waals surface area contributed by atoms with Gasteiger partial charge in [0.05, 0.1) is 17.1 Å². The van der Waals surface area contributed by atoms with Crippen LogP contribution in [0.1, 0.15) is 64.8 Å². The highest BCUT2D eigenvalue weighted by Crippen LogP contribution is 2.24. The van der Waals surface area contributed by atoms with Crippen LogP contribution >= 0.6 is 0 Å². The number of ether oxygens (including phenoxy) is 1. The Balaban J connectivity index is 0.00000326. The lowest BCUT2D eigenvalue weighted by atomic mass is 10.1. The zero-order valence-electron chi connectivity index (χ0n) is 17.4. The minimum Gasteiger partial charge on any atom is -0.447 e. The zero-order chi connectivity index (χ0) is 21.2. The molecule has 6 heteroatoms. The van der Waals surface area contributed by atoms with Gasteiger partial charge in [-0.05, 0) is 44.4 Å². The molecule has 0 bridgehead atoms. The summed E-state index contributed by atoms with van der Waals surface area (Å²) in [6.07, 6.45) is 4.45. The smallest absolute Gasteiger partial charge is 0.407 e. The Bertz CT molecular complexity index is 716. The maximum absolute atomic E-state index is 12.8. The summed E-state index contributed by atoms with van der Waals surface area (Å²) in [4.78, 5) is 11.8. The highest BCUT2D eigenvalue weighted by Gasteiger charge is 2.29. The van der Waals surface area contributed by atoms with E-state index < -0.39 is 27.2 Å². The van der Waals surface area contributed by atoms with Crippen molar-refractivity contribution in [3.8, 4) is 12.3 Å². The number of rotatable bonds is 7. The molecule has 2 atom stereocenters. The number of terminal acetylenes is 1. The summed E-state index contributed by atoms with van der Waals surface area (Å²) in [6, 6.07) is 6.37. The van der Waals surface area contributed by atoms with Gasteiger partial charge >= 0.3 is 6.09 Å². The summed E-state index contributed by atoms with van der Waals surface area (Å²) in [6.45, 7) is 12.8. The van der Waals surface area contributed by atoms with Crippen LogP contribution in [-0.4, -0.2) is 32.4 Å². The molecule has 0 heterocycles. The van der Waals surface area contributed by atoms with Crippen molar-refractivity contribution in [2.45, 2.75) is 65.9 Å². The van der Waals surface area contributed by atoms with Crippen LogP contribution < -0.4 is 5.32 Å². The van der Waals surface area contributed by atoms with Crippen molar-refractivity contribution in [1.29, 1.82) is 0 Å². The van der Waals surface area contributed by atoms with Gasteiger partial charge in [-0.1, -0.05) is 45.7 Å². The summed E-state index contributed by atoms with van der Waals surface area (Å²) in [5, 5.41) is 1.97. The number of benzene rings is 1. The molecule has 0 spiro atoms. The Hall–Kier alpha value is -2.00. The quantitative estimate of drug-likeness (QED) is 0.698. The molecule has 5 nitrogen and oxygen atoms in total. The van der Waals surface area contributed by atoms with Crippen molar-refractivity contribution in [2.75, 3.05) is 5.75 Å². The number of hydrogen-bond donors (Lipinski definition) is 1. The van der Waals surface area contributed by atoms with Gasteiger partial charge in [-0.3, -0.25) is 0 Å². The van der Waals surface area contributed by atoms with E-state index in [9.17, 15) is 13.2 Å². The highest BCUT2D eigenvalue weighted by molar-refractivity contribution is 7.91. The van der Waals surface area contributed by atoms with E-state index in [1.165, 1.54) is 0 Å². The molecule has 1 aromatic carbocycles.